The van der Waals surface area contributed by atoms with Crippen LogP contribution in [0.15, 0.2) is 67.0 Å². The Hall–Kier alpha value is -3.74. The fraction of sp³-hybridized carbons (Fsp3) is 0.406. The molecule has 44 heavy (non-hydrogen) atoms. The Morgan fingerprint density at radius 1 is 0.955 bits per heavy atom. The number of pyridine rings is 1. The van der Waals surface area contributed by atoms with Gasteiger partial charge >= 0.3 is 0 Å². The number of nitrogens with zero attached hydrogens (tertiary/aromatic N) is 1. The third-order valence-corrected chi connectivity index (χ3v) is 8.78. The molecule has 3 atom stereocenters. The van der Waals surface area contributed by atoms with Gasteiger partial charge in [0.2, 0.25) is 5.91 Å². The number of rotatable bonds is 17. The predicted molar refractivity (Wildman–Crippen MR) is 165 cm³/mol. The van der Waals surface area contributed by atoms with E-state index in [2.05, 4.69) is 20.9 Å². The van der Waals surface area contributed by atoms with Gasteiger partial charge in [-0.25, -0.2) is 17.2 Å². The summed E-state index contributed by atoms with van der Waals surface area (Å²) in [5.41, 5.74) is 2.43. The minimum Gasteiger partial charge on any atom is -0.390 e. The van der Waals surface area contributed by atoms with Crippen molar-refractivity contribution in [2.45, 2.75) is 64.3 Å². The van der Waals surface area contributed by atoms with Gasteiger partial charge in [-0.05, 0) is 60.2 Å². The fourth-order valence-corrected chi connectivity index (χ4v) is 6.28. The molecule has 0 aliphatic heterocycles. The minimum absolute atomic E-state index is 0.000602. The molecule has 0 saturated heterocycles. The van der Waals surface area contributed by atoms with Gasteiger partial charge in [-0.15, -0.1) is 0 Å². The van der Waals surface area contributed by atoms with Crippen LogP contribution in [-0.4, -0.2) is 66.6 Å². The summed E-state index contributed by atoms with van der Waals surface area (Å²) >= 11 is 0. The molecule has 2 aromatic carbocycles. The van der Waals surface area contributed by atoms with Gasteiger partial charge in [-0.2, -0.15) is 0 Å². The van der Waals surface area contributed by atoms with Crippen LogP contribution in [0.1, 0.15) is 53.7 Å². The van der Waals surface area contributed by atoms with Crippen molar-refractivity contribution >= 4 is 21.7 Å². The SMILES string of the molecule is CCCCS(=O)(=O)C[C@@H](NC(=O)c1cccnc1)C(=O)N[C@@H](Cc1cc(F)cc(F)c1)[C@H](O)CNCc1cccc(CC)c1. The normalized spacial score (nSPS) is 13.6. The van der Waals surface area contributed by atoms with Crippen LogP contribution < -0.4 is 16.0 Å². The highest BCUT2D eigenvalue weighted by Gasteiger charge is 2.31. The number of carbonyl (C=O) groups is 2. The second-order valence-corrected chi connectivity index (χ2v) is 12.9. The quantitative estimate of drug-likeness (QED) is 0.180. The fourth-order valence-electron chi connectivity index (χ4n) is 4.64. The van der Waals surface area contributed by atoms with E-state index in [4.69, 9.17) is 0 Å². The van der Waals surface area contributed by atoms with E-state index in [1.165, 1.54) is 24.5 Å². The van der Waals surface area contributed by atoms with Gasteiger partial charge < -0.3 is 21.1 Å². The third-order valence-electron chi connectivity index (χ3n) is 7.03. The molecule has 0 spiro atoms. The minimum atomic E-state index is -3.76. The number of nitrogens with one attached hydrogen (secondary N) is 3. The molecule has 238 valence electrons. The number of benzene rings is 2. The van der Waals surface area contributed by atoms with Crippen LogP contribution in [0, 0.1) is 11.6 Å². The van der Waals surface area contributed by atoms with Gasteiger partial charge in [-0.3, -0.25) is 14.6 Å². The standard InChI is InChI=1S/C32H40F2N4O5S/c1-3-5-12-44(42,43)21-29(38-31(40)25-10-7-11-35-19-25)32(41)37-28(16-24-14-26(33)17-27(34)15-24)30(39)20-36-18-23-9-6-8-22(4-2)13-23/h6-11,13-15,17,19,28-30,36,39H,3-5,12,16,18,20-21H2,1-2H3,(H,37,41)(H,38,40)/t28-,29+,30+/m0/s1. The molecule has 0 fully saturated rings. The summed E-state index contributed by atoms with van der Waals surface area (Å²) in [4.78, 5) is 30.4. The number of aliphatic hydroxyl groups excluding tert-OH is 1. The average molecular weight is 631 g/mol. The van der Waals surface area contributed by atoms with Crippen LogP contribution in [-0.2, 0) is 34.0 Å². The van der Waals surface area contributed by atoms with E-state index >= 15 is 0 Å². The van der Waals surface area contributed by atoms with Crippen molar-refractivity contribution < 1.29 is 31.9 Å². The van der Waals surface area contributed by atoms with Gasteiger partial charge in [0.1, 0.15) is 17.7 Å². The van der Waals surface area contributed by atoms with Gasteiger partial charge in [-0.1, -0.05) is 44.5 Å². The van der Waals surface area contributed by atoms with Gasteiger partial charge in [0.05, 0.1) is 29.2 Å². The van der Waals surface area contributed by atoms with Crippen LogP contribution in [0.3, 0.4) is 0 Å². The first kappa shape index (κ1) is 34.7. The predicted octanol–water partition coefficient (Wildman–Crippen LogP) is 3.11. The van der Waals surface area contributed by atoms with E-state index < -0.39 is 57.2 Å². The molecule has 0 bridgehead atoms. The first-order valence-electron chi connectivity index (χ1n) is 14.6. The van der Waals surface area contributed by atoms with Crippen molar-refractivity contribution in [3.8, 4) is 0 Å². The summed E-state index contributed by atoms with van der Waals surface area (Å²) in [5.74, 6) is -4.06. The van der Waals surface area contributed by atoms with E-state index in [-0.39, 0.29) is 29.8 Å². The number of amides is 2. The highest BCUT2D eigenvalue weighted by Crippen LogP contribution is 2.13. The van der Waals surface area contributed by atoms with Crippen molar-refractivity contribution in [2.75, 3.05) is 18.1 Å². The summed E-state index contributed by atoms with van der Waals surface area (Å²) in [6.07, 6.45) is 3.20. The van der Waals surface area contributed by atoms with Gasteiger partial charge in [0.25, 0.3) is 5.91 Å². The Morgan fingerprint density at radius 3 is 2.34 bits per heavy atom. The molecule has 0 aliphatic carbocycles. The molecular formula is C32H40F2N4O5S. The second kappa shape index (κ2) is 16.9. The maximum absolute atomic E-state index is 14.0. The van der Waals surface area contributed by atoms with E-state index in [1.54, 1.807) is 0 Å². The van der Waals surface area contributed by atoms with Crippen molar-refractivity contribution in [1.82, 2.24) is 20.9 Å². The second-order valence-electron chi connectivity index (χ2n) is 10.7. The molecule has 1 heterocycles. The smallest absolute Gasteiger partial charge is 0.253 e. The molecule has 3 rings (SSSR count). The first-order valence-corrected chi connectivity index (χ1v) is 16.4. The summed E-state index contributed by atoms with van der Waals surface area (Å²) in [7, 11) is -3.76. The van der Waals surface area contributed by atoms with Crippen LogP contribution in [0.2, 0.25) is 0 Å². The largest absolute Gasteiger partial charge is 0.390 e. The lowest BCUT2D eigenvalue weighted by Gasteiger charge is -2.27. The van der Waals surface area contributed by atoms with Crippen molar-refractivity contribution in [3.63, 3.8) is 0 Å². The van der Waals surface area contributed by atoms with E-state index in [1.807, 2.05) is 38.1 Å². The molecule has 0 aliphatic rings. The van der Waals surface area contributed by atoms with Crippen LogP contribution in [0.25, 0.3) is 0 Å². The molecule has 0 radical (unpaired) electrons. The zero-order valence-corrected chi connectivity index (χ0v) is 25.7. The molecule has 1 aromatic heterocycles. The van der Waals surface area contributed by atoms with Crippen molar-refractivity contribution in [3.05, 3.63) is 101 Å². The zero-order chi connectivity index (χ0) is 32.1. The molecule has 0 unspecified atom stereocenters. The number of aromatic nitrogens is 1. The Labute approximate surface area is 257 Å². The lowest BCUT2D eigenvalue weighted by molar-refractivity contribution is -0.124. The summed E-state index contributed by atoms with van der Waals surface area (Å²) in [5, 5.41) is 19.4. The number of aliphatic hydroxyl groups is 1. The highest BCUT2D eigenvalue weighted by molar-refractivity contribution is 7.91. The number of carbonyl (C=O) groups excluding carboxylic acids is 2. The molecule has 12 heteroatoms. The molecule has 3 aromatic rings. The summed E-state index contributed by atoms with van der Waals surface area (Å²) < 4.78 is 53.7. The van der Waals surface area contributed by atoms with E-state index in [9.17, 15) is 31.9 Å². The van der Waals surface area contributed by atoms with Crippen LogP contribution in [0.4, 0.5) is 8.78 Å². The monoisotopic (exact) mass is 630 g/mol. The number of unbranched alkanes of at least 4 members (excludes halogenated alkanes) is 1. The Balaban J connectivity index is 1.82. The number of hydrogen-bond acceptors (Lipinski definition) is 7. The lowest BCUT2D eigenvalue weighted by atomic mass is 10.00. The maximum Gasteiger partial charge on any atom is 0.253 e. The van der Waals surface area contributed by atoms with E-state index in [0.717, 1.165) is 29.7 Å². The van der Waals surface area contributed by atoms with E-state index in [0.29, 0.717) is 25.5 Å². The van der Waals surface area contributed by atoms with Gasteiger partial charge in [0, 0.05) is 31.5 Å². The van der Waals surface area contributed by atoms with Gasteiger partial charge in [0.15, 0.2) is 9.84 Å². The number of halogens is 2. The molecule has 9 nitrogen and oxygen atoms in total. The van der Waals surface area contributed by atoms with Crippen LogP contribution >= 0.6 is 0 Å². The summed E-state index contributed by atoms with van der Waals surface area (Å²) in [6, 6.07) is 11.2. The van der Waals surface area contributed by atoms with Crippen molar-refractivity contribution in [2.24, 2.45) is 0 Å². The summed E-state index contributed by atoms with van der Waals surface area (Å²) in [6.45, 7) is 4.29. The highest BCUT2D eigenvalue weighted by atomic mass is 32.2. The Bertz CT molecular complexity index is 1470. The topological polar surface area (TPSA) is 137 Å². The molecule has 4 N–H and O–H groups in total. The lowest BCUT2D eigenvalue weighted by Crippen LogP contribution is -2.56. The molecule has 2 amide bonds. The van der Waals surface area contributed by atoms with Crippen LogP contribution in [0.5, 0.6) is 0 Å². The number of hydrogen-bond donors (Lipinski definition) is 4. The van der Waals surface area contributed by atoms with Crippen molar-refractivity contribution in [1.29, 1.82) is 0 Å². The maximum atomic E-state index is 14.0. The zero-order valence-electron chi connectivity index (χ0n) is 24.9. The number of aryl methyl sites for hydroxylation is 1. The molecular weight excluding hydrogens is 590 g/mol. The average Bonchev–Trinajstić information content (AvgIpc) is 2.99. The molecule has 0 saturated carbocycles. The first-order chi connectivity index (χ1) is 21.0. The Kier molecular flexibility index (Phi) is 13.4. The third kappa shape index (κ3) is 11.4. The Morgan fingerprint density at radius 2 is 1.68 bits per heavy atom. The number of sulfone groups is 1.